The second-order valence-electron chi connectivity index (χ2n) is 7.73. The van der Waals surface area contributed by atoms with Crippen LogP contribution in [0.25, 0.3) is 0 Å². The Hall–Kier alpha value is -3.18. The smallest absolute Gasteiger partial charge is 0.254 e. The van der Waals surface area contributed by atoms with Gasteiger partial charge in [0, 0.05) is 43.5 Å². The van der Waals surface area contributed by atoms with Gasteiger partial charge in [0.1, 0.15) is 0 Å². The average molecular weight is 453 g/mol. The predicted molar refractivity (Wildman–Crippen MR) is 130 cm³/mol. The van der Waals surface area contributed by atoms with E-state index < -0.39 is 0 Å². The standard InChI is InChI=1S/C26H29ClN2O3/c1-28(2)23-12-5-20(6-13-23)18-29(26(30)21-8-10-22(27)11-9-21)16-15-19-7-14-24(31-3)25(17-19)32-4/h5-14,17H,15-16,18H2,1-4H3. The fourth-order valence-electron chi connectivity index (χ4n) is 3.45. The molecular weight excluding hydrogens is 424 g/mol. The van der Waals surface area contributed by atoms with Crippen LogP contribution in [-0.2, 0) is 13.0 Å². The molecule has 0 saturated carbocycles. The topological polar surface area (TPSA) is 42.0 Å². The molecule has 3 rings (SSSR count). The summed E-state index contributed by atoms with van der Waals surface area (Å²) in [5.74, 6) is 1.34. The highest BCUT2D eigenvalue weighted by Gasteiger charge is 2.17. The molecule has 6 heteroatoms. The number of rotatable bonds is 9. The third kappa shape index (κ3) is 5.95. The Morgan fingerprint density at radius 1 is 0.844 bits per heavy atom. The molecule has 0 bridgehead atoms. The van der Waals surface area contributed by atoms with Crippen molar-refractivity contribution in [3.63, 3.8) is 0 Å². The van der Waals surface area contributed by atoms with Gasteiger partial charge in [-0.2, -0.15) is 0 Å². The van der Waals surface area contributed by atoms with Crippen molar-refractivity contribution in [2.24, 2.45) is 0 Å². The van der Waals surface area contributed by atoms with Crippen LogP contribution < -0.4 is 14.4 Å². The van der Waals surface area contributed by atoms with Crippen molar-refractivity contribution < 1.29 is 14.3 Å². The van der Waals surface area contributed by atoms with Crippen LogP contribution in [0.15, 0.2) is 66.7 Å². The van der Waals surface area contributed by atoms with E-state index in [2.05, 4.69) is 29.2 Å². The summed E-state index contributed by atoms with van der Waals surface area (Å²) in [5, 5.41) is 0.609. The van der Waals surface area contributed by atoms with Gasteiger partial charge in [-0.25, -0.2) is 0 Å². The van der Waals surface area contributed by atoms with Crippen molar-refractivity contribution in [1.29, 1.82) is 0 Å². The van der Waals surface area contributed by atoms with Crippen LogP contribution in [0, 0.1) is 0 Å². The van der Waals surface area contributed by atoms with E-state index in [9.17, 15) is 4.79 Å². The largest absolute Gasteiger partial charge is 0.493 e. The number of amides is 1. The Labute approximate surface area is 195 Å². The molecule has 1 amide bonds. The fraction of sp³-hybridized carbons (Fsp3) is 0.269. The number of carbonyl (C=O) groups excluding carboxylic acids is 1. The van der Waals surface area contributed by atoms with Crippen LogP contribution >= 0.6 is 11.6 Å². The summed E-state index contributed by atoms with van der Waals surface area (Å²) in [4.78, 5) is 17.2. The Balaban J connectivity index is 1.81. The van der Waals surface area contributed by atoms with Gasteiger partial charge in [0.15, 0.2) is 11.5 Å². The quantitative estimate of drug-likeness (QED) is 0.441. The number of methoxy groups -OCH3 is 2. The number of nitrogens with zero attached hydrogens (tertiary/aromatic N) is 2. The van der Waals surface area contributed by atoms with Crippen LogP contribution in [0.2, 0.25) is 5.02 Å². The van der Waals surface area contributed by atoms with Crippen molar-refractivity contribution in [3.05, 3.63) is 88.4 Å². The molecule has 0 aliphatic carbocycles. The molecule has 168 valence electrons. The van der Waals surface area contributed by atoms with Crippen molar-refractivity contribution in [3.8, 4) is 11.5 Å². The lowest BCUT2D eigenvalue weighted by atomic mass is 10.1. The number of hydrogen-bond donors (Lipinski definition) is 0. The first kappa shape index (κ1) is 23.5. The molecule has 0 unspecified atom stereocenters. The fourth-order valence-corrected chi connectivity index (χ4v) is 3.57. The predicted octanol–water partition coefficient (Wildman–Crippen LogP) is 5.31. The van der Waals surface area contributed by atoms with Gasteiger partial charge in [-0.3, -0.25) is 4.79 Å². The Bertz CT molecular complexity index is 1030. The molecule has 0 aliphatic heterocycles. The van der Waals surface area contributed by atoms with E-state index in [-0.39, 0.29) is 5.91 Å². The van der Waals surface area contributed by atoms with Crippen LogP contribution in [-0.4, -0.2) is 45.7 Å². The van der Waals surface area contributed by atoms with E-state index in [1.165, 1.54) is 0 Å². The molecule has 0 aromatic heterocycles. The normalized spacial score (nSPS) is 10.5. The van der Waals surface area contributed by atoms with Gasteiger partial charge in [-0.05, 0) is 66.1 Å². The lowest BCUT2D eigenvalue weighted by molar-refractivity contribution is 0.0745. The van der Waals surface area contributed by atoms with Gasteiger partial charge in [0.2, 0.25) is 0 Å². The van der Waals surface area contributed by atoms with E-state index >= 15 is 0 Å². The summed E-state index contributed by atoms with van der Waals surface area (Å²) >= 11 is 6.01. The highest BCUT2D eigenvalue weighted by Crippen LogP contribution is 2.28. The summed E-state index contributed by atoms with van der Waals surface area (Å²) in [6.45, 7) is 1.08. The minimum Gasteiger partial charge on any atom is -0.493 e. The zero-order valence-electron chi connectivity index (χ0n) is 19.0. The average Bonchev–Trinajstić information content (AvgIpc) is 2.81. The summed E-state index contributed by atoms with van der Waals surface area (Å²) in [7, 11) is 7.25. The summed E-state index contributed by atoms with van der Waals surface area (Å²) in [6.07, 6.45) is 0.690. The third-order valence-corrected chi connectivity index (χ3v) is 5.57. The van der Waals surface area contributed by atoms with E-state index in [1.54, 1.807) is 38.5 Å². The van der Waals surface area contributed by atoms with Crippen LogP contribution in [0.5, 0.6) is 11.5 Å². The monoisotopic (exact) mass is 452 g/mol. The Morgan fingerprint density at radius 2 is 1.47 bits per heavy atom. The molecule has 0 fully saturated rings. The maximum absolute atomic E-state index is 13.3. The molecule has 5 nitrogen and oxygen atoms in total. The molecule has 0 spiro atoms. The summed E-state index contributed by atoms with van der Waals surface area (Å²) in [6, 6.07) is 21.1. The lowest BCUT2D eigenvalue weighted by Gasteiger charge is -2.24. The second-order valence-corrected chi connectivity index (χ2v) is 8.17. The minimum atomic E-state index is -0.0289. The van der Waals surface area contributed by atoms with Crippen molar-refractivity contribution >= 4 is 23.2 Å². The number of ether oxygens (including phenoxy) is 2. The number of carbonyl (C=O) groups is 1. The second kappa shape index (κ2) is 10.9. The molecule has 0 radical (unpaired) electrons. The van der Waals surface area contributed by atoms with Crippen LogP contribution in [0.4, 0.5) is 5.69 Å². The maximum Gasteiger partial charge on any atom is 0.254 e. The van der Waals surface area contributed by atoms with Crippen LogP contribution in [0.1, 0.15) is 21.5 Å². The van der Waals surface area contributed by atoms with E-state index in [0.717, 1.165) is 16.8 Å². The highest BCUT2D eigenvalue weighted by molar-refractivity contribution is 6.30. The minimum absolute atomic E-state index is 0.0289. The molecule has 0 heterocycles. The number of hydrogen-bond acceptors (Lipinski definition) is 4. The zero-order chi connectivity index (χ0) is 23.1. The number of halogens is 1. The molecular formula is C26H29ClN2O3. The molecule has 3 aromatic rings. The molecule has 32 heavy (non-hydrogen) atoms. The Kier molecular flexibility index (Phi) is 8.01. The molecule has 0 atom stereocenters. The number of anilines is 1. The van der Waals surface area contributed by atoms with Gasteiger partial charge in [-0.15, -0.1) is 0 Å². The van der Waals surface area contributed by atoms with Gasteiger partial charge < -0.3 is 19.3 Å². The molecule has 0 N–H and O–H groups in total. The van der Waals surface area contributed by atoms with Crippen molar-refractivity contribution in [2.45, 2.75) is 13.0 Å². The first-order valence-electron chi connectivity index (χ1n) is 10.4. The Morgan fingerprint density at radius 3 is 2.06 bits per heavy atom. The van der Waals surface area contributed by atoms with Gasteiger partial charge in [0.05, 0.1) is 14.2 Å². The van der Waals surface area contributed by atoms with E-state index in [1.807, 2.05) is 37.2 Å². The van der Waals surface area contributed by atoms with E-state index in [0.29, 0.717) is 41.6 Å². The molecule has 0 aliphatic rings. The molecule has 3 aromatic carbocycles. The van der Waals surface area contributed by atoms with Gasteiger partial charge in [-0.1, -0.05) is 29.8 Å². The first-order valence-corrected chi connectivity index (χ1v) is 10.8. The van der Waals surface area contributed by atoms with Crippen LogP contribution in [0.3, 0.4) is 0 Å². The summed E-state index contributed by atoms with van der Waals surface area (Å²) in [5.41, 5.74) is 3.88. The summed E-state index contributed by atoms with van der Waals surface area (Å²) < 4.78 is 10.7. The molecule has 0 saturated heterocycles. The van der Waals surface area contributed by atoms with E-state index in [4.69, 9.17) is 21.1 Å². The van der Waals surface area contributed by atoms with Crippen molar-refractivity contribution in [2.75, 3.05) is 39.8 Å². The number of benzene rings is 3. The lowest BCUT2D eigenvalue weighted by Crippen LogP contribution is -2.32. The van der Waals surface area contributed by atoms with Gasteiger partial charge in [0.25, 0.3) is 5.91 Å². The SMILES string of the molecule is COc1ccc(CCN(Cc2ccc(N(C)C)cc2)C(=O)c2ccc(Cl)cc2)cc1OC. The van der Waals surface area contributed by atoms with Crippen molar-refractivity contribution in [1.82, 2.24) is 4.90 Å². The zero-order valence-corrected chi connectivity index (χ0v) is 19.7. The highest BCUT2D eigenvalue weighted by atomic mass is 35.5. The van der Waals surface area contributed by atoms with Gasteiger partial charge >= 0.3 is 0 Å². The third-order valence-electron chi connectivity index (χ3n) is 5.32. The maximum atomic E-state index is 13.3. The first-order chi connectivity index (χ1) is 15.4.